The highest BCUT2D eigenvalue weighted by atomic mass is 35.5. The highest BCUT2D eigenvalue weighted by Gasteiger charge is 2.05. The molecule has 0 unspecified atom stereocenters. The Morgan fingerprint density at radius 3 is 2.25 bits per heavy atom. The van der Waals surface area contributed by atoms with Crippen LogP contribution in [0.1, 0.15) is 16.8 Å². The van der Waals surface area contributed by atoms with Gasteiger partial charge in [0.05, 0.1) is 5.88 Å². The average molecular weight is 260 g/mol. The van der Waals surface area contributed by atoms with Crippen LogP contribution >= 0.6 is 23.2 Å². The van der Waals surface area contributed by atoms with Crippen LogP contribution in [-0.4, -0.2) is 23.5 Å². The Balaban J connectivity index is 2.64. The van der Waals surface area contributed by atoms with E-state index >= 15 is 0 Å². The number of benzene rings is 1. The van der Waals surface area contributed by atoms with Gasteiger partial charge < -0.3 is 5.32 Å². The zero-order chi connectivity index (χ0) is 12.0. The number of carbonyl (C=O) groups is 2. The van der Waals surface area contributed by atoms with E-state index in [2.05, 4.69) is 5.32 Å². The molecule has 0 aliphatic carbocycles. The Morgan fingerprint density at radius 2 is 1.75 bits per heavy atom. The minimum Gasteiger partial charge on any atom is -0.326 e. The van der Waals surface area contributed by atoms with Crippen LogP contribution in [0.2, 0.25) is 0 Å². The fourth-order valence-electron chi connectivity index (χ4n) is 1.13. The Kier molecular flexibility index (Phi) is 5.29. The third-order valence-electron chi connectivity index (χ3n) is 1.93. The lowest BCUT2D eigenvalue weighted by Gasteiger charge is -2.04. The normalized spacial score (nSPS) is 9.88. The van der Waals surface area contributed by atoms with E-state index in [1.165, 1.54) is 0 Å². The molecule has 0 aliphatic rings. The highest BCUT2D eigenvalue weighted by molar-refractivity contribution is 6.30. The molecule has 1 aromatic rings. The van der Waals surface area contributed by atoms with Gasteiger partial charge in [0, 0.05) is 23.6 Å². The summed E-state index contributed by atoms with van der Waals surface area (Å²) < 4.78 is 0. The number of alkyl halides is 2. The zero-order valence-corrected chi connectivity index (χ0v) is 10.0. The van der Waals surface area contributed by atoms with Crippen molar-refractivity contribution in [2.24, 2.45) is 0 Å². The van der Waals surface area contributed by atoms with Crippen molar-refractivity contribution >= 4 is 40.6 Å². The second-order valence-corrected chi connectivity index (χ2v) is 3.77. The van der Waals surface area contributed by atoms with Gasteiger partial charge in [-0.05, 0) is 24.3 Å². The van der Waals surface area contributed by atoms with Crippen molar-refractivity contribution in [3.05, 3.63) is 29.8 Å². The molecule has 0 aromatic heterocycles. The van der Waals surface area contributed by atoms with Crippen LogP contribution in [-0.2, 0) is 4.79 Å². The van der Waals surface area contributed by atoms with Gasteiger partial charge in [0.2, 0.25) is 5.91 Å². The zero-order valence-electron chi connectivity index (χ0n) is 8.50. The number of rotatable bonds is 5. The van der Waals surface area contributed by atoms with E-state index in [1.54, 1.807) is 24.3 Å². The number of halogens is 2. The van der Waals surface area contributed by atoms with Crippen molar-refractivity contribution in [1.82, 2.24) is 0 Å². The Bertz CT molecular complexity index is 376. The standard InChI is InChI=1S/C11H11Cl2NO2/c12-6-5-11(16)14-9-3-1-8(2-4-9)10(15)7-13/h1-4H,5-7H2,(H,14,16). The molecule has 0 spiro atoms. The number of anilines is 1. The second-order valence-electron chi connectivity index (χ2n) is 3.12. The SMILES string of the molecule is O=C(CCCl)Nc1ccc(C(=O)CCl)cc1. The fourth-order valence-corrected chi connectivity index (χ4v) is 1.45. The molecule has 0 aliphatic heterocycles. The van der Waals surface area contributed by atoms with Gasteiger partial charge in [-0.15, -0.1) is 23.2 Å². The van der Waals surface area contributed by atoms with E-state index in [4.69, 9.17) is 23.2 Å². The van der Waals surface area contributed by atoms with Gasteiger partial charge >= 0.3 is 0 Å². The molecule has 0 bridgehead atoms. The second kappa shape index (κ2) is 6.51. The van der Waals surface area contributed by atoms with Crippen molar-refractivity contribution in [2.75, 3.05) is 17.1 Å². The lowest BCUT2D eigenvalue weighted by Crippen LogP contribution is -2.11. The average Bonchev–Trinajstić information content (AvgIpc) is 2.29. The summed E-state index contributed by atoms with van der Waals surface area (Å²) in [5.74, 6) is -0.0428. The van der Waals surface area contributed by atoms with E-state index in [0.29, 0.717) is 11.3 Å². The summed E-state index contributed by atoms with van der Waals surface area (Å²) in [5.41, 5.74) is 1.17. The van der Waals surface area contributed by atoms with Crippen molar-refractivity contribution in [3.8, 4) is 0 Å². The van der Waals surface area contributed by atoms with Crippen LogP contribution in [0.4, 0.5) is 5.69 Å². The number of carbonyl (C=O) groups excluding carboxylic acids is 2. The molecule has 0 heterocycles. The summed E-state index contributed by atoms with van der Waals surface area (Å²) in [6.07, 6.45) is 0.268. The minimum atomic E-state index is -0.147. The number of hydrogen-bond donors (Lipinski definition) is 1. The molecule has 5 heteroatoms. The van der Waals surface area contributed by atoms with Crippen molar-refractivity contribution in [2.45, 2.75) is 6.42 Å². The Hall–Kier alpha value is -1.06. The van der Waals surface area contributed by atoms with E-state index in [1.807, 2.05) is 0 Å². The maximum Gasteiger partial charge on any atom is 0.225 e. The van der Waals surface area contributed by atoms with Gasteiger partial charge in [0.25, 0.3) is 0 Å². The first kappa shape index (κ1) is 13.0. The number of amides is 1. The monoisotopic (exact) mass is 259 g/mol. The predicted molar refractivity (Wildman–Crippen MR) is 65.5 cm³/mol. The van der Waals surface area contributed by atoms with Gasteiger partial charge in [0.15, 0.2) is 5.78 Å². The summed E-state index contributed by atoms with van der Waals surface area (Å²) in [7, 11) is 0. The molecule has 1 aromatic carbocycles. The van der Waals surface area contributed by atoms with Gasteiger partial charge in [0.1, 0.15) is 0 Å². The maximum atomic E-state index is 11.2. The Labute approximate surface area is 104 Å². The van der Waals surface area contributed by atoms with E-state index in [0.717, 1.165) is 0 Å². The molecule has 0 saturated heterocycles. The Morgan fingerprint density at radius 1 is 1.12 bits per heavy atom. The van der Waals surface area contributed by atoms with E-state index in [-0.39, 0.29) is 29.9 Å². The number of Topliss-reactive ketones (excluding diaryl/α,β-unsaturated/α-hetero) is 1. The van der Waals surface area contributed by atoms with Crippen molar-refractivity contribution in [3.63, 3.8) is 0 Å². The summed E-state index contributed by atoms with van der Waals surface area (Å²) in [6.45, 7) is 0. The molecule has 1 rings (SSSR count). The highest BCUT2D eigenvalue weighted by Crippen LogP contribution is 2.11. The predicted octanol–water partition coefficient (Wildman–Crippen LogP) is 2.68. The molecule has 0 radical (unpaired) electrons. The van der Waals surface area contributed by atoms with Crippen LogP contribution < -0.4 is 5.32 Å². The fraction of sp³-hybridized carbons (Fsp3) is 0.273. The first-order chi connectivity index (χ1) is 7.67. The quantitative estimate of drug-likeness (QED) is 0.653. The molecular weight excluding hydrogens is 249 g/mol. The van der Waals surface area contributed by atoms with Crippen LogP contribution in [0, 0.1) is 0 Å². The molecule has 0 fully saturated rings. The third-order valence-corrected chi connectivity index (χ3v) is 2.37. The largest absolute Gasteiger partial charge is 0.326 e. The molecule has 0 atom stereocenters. The van der Waals surface area contributed by atoms with Crippen LogP contribution in [0.25, 0.3) is 0 Å². The van der Waals surface area contributed by atoms with Crippen LogP contribution in [0.5, 0.6) is 0 Å². The number of ketones is 1. The van der Waals surface area contributed by atoms with E-state index in [9.17, 15) is 9.59 Å². The smallest absolute Gasteiger partial charge is 0.225 e. The number of nitrogens with one attached hydrogen (secondary N) is 1. The maximum absolute atomic E-state index is 11.2. The first-order valence-corrected chi connectivity index (χ1v) is 5.79. The molecule has 0 saturated carbocycles. The molecular formula is C11H11Cl2NO2. The number of hydrogen-bond acceptors (Lipinski definition) is 2. The van der Waals surface area contributed by atoms with E-state index < -0.39 is 0 Å². The summed E-state index contributed by atoms with van der Waals surface area (Å²) in [6, 6.07) is 6.57. The third kappa shape index (κ3) is 3.83. The molecule has 1 N–H and O–H groups in total. The molecule has 3 nitrogen and oxygen atoms in total. The van der Waals surface area contributed by atoms with Crippen LogP contribution in [0.3, 0.4) is 0 Å². The van der Waals surface area contributed by atoms with Gasteiger partial charge in [-0.1, -0.05) is 0 Å². The van der Waals surface area contributed by atoms with Gasteiger partial charge in [-0.2, -0.15) is 0 Å². The minimum absolute atomic E-state index is 0.0437. The van der Waals surface area contributed by atoms with Crippen molar-refractivity contribution in [1.29, 1.82) is 0 Å². The summed E-state index contributed by atoms with van der Waals surface area (Å²) in [5, 5.41) is 2.66. The lowest BCUT2D eigenvalue weighted by molar-refractivity contribution is -0.115. The lowest BCUT2D eigenvalue weighted by atomic mass is 10.1. The summed E-state index contributed by atoms with van der Waals surface area (Å²) in [4.78, 5) is 22.4. The molecule has 16 heavy (non-hydrogen) atoms. The molecule has 1 amide bonds. The van der Waals surface area contributed by atoms with Crippen molar-refractivity contribution < 1.29 is 9.59 Å². The topological polar surface area (TPSA) is 46.2 Å². The molecule has 86 valence electrons. The summed E-state index contributed by atoms with van der Waals surface area (Å²) >= 11 is 10.8. The van der Waals surface area contributed by atoms with Crippen LogP contribution in [0.15, 0.2) is 24.3 Å². The van der Waals surface area contributed by atoms with Gasteiger partial charge in [-0.3, -0.25) is 9.59 Å². The first-order valence-electron chi connectivity index (χ1n) is 4.72. The van der Waals surface area contributed by atoms with Gasteiger partial charge in [-0.25, -0.2) is 0 Å².